The Morgan fingerprint density at radius 3 is 2.76 bits per heavy atom. The molecule has 3 nitrogen and oxygen atoms in total. The van der Waals surface area contributed by atoms with Crippen LogP contribution in [0.15, 0.2) is 42.7 Å². The van der Waals surface area contributed by atoms with E-state index >= 15 is 0 Å². The van der Waals surface area contributed by atoms with Gasteiger partial charge >= 0.3 is 0 Å². The number of aromatic nitrogens is 2. The van der Waals surface area contributed by atoms with E-state index in [1.807, 2.05) is 19.1 Å². The summed E-state index contributed by atoms with van der Waals surface area (Å²) in [5.41, 5.74) is 3.45. The first-order valence-electron chi connectivity index (χ1n) is 6.81. The first kappa shape index (κ1) is 13.5. The molecule has 0 N–H and O–H groups in total. The van der Waals surface area contributed by atoms with E-state index in [0.29, 0.717) is 11.1 Å². The Labute approximate surface area is 122 Å². The Kier molecular flexibility index (Phi) is 3.52. The van der Waals surface area contributed by atoms with E-state index < -0.39 is 0 Å². The average molecular weight is 282 g/mol. The third-order valence-electron chi connectivity index (χ3n) is 3.46. The van der Waals surface area contributed by atoms with Crippen molar-refractivity contribution in [3.63, 3.8) is 0 Å². The molecule has 0 atom stereocenters. The minimum Gasteiger partial charge on any atom is -0.495 e. The summed E-state index contributed by atoms with van der Waals surface area (Å²) in [5.74, 6) is 0.341. The van der Waals surface area contributed by atoms with Crippen molar-refractivity contribution in [2.24, 2.45) is 0 Å². The summed E-state index contributed by atoms with van der Waals surface area (Å²) in [6.45, 7) is 2.04. The molecule has 0 bridgehead atoms. The van der Waals surface area contributed by atoms with E-state index in [0.717, 1.165) is 28.8 Å². The van der Waals surface area contributed by atoms with E-state index in [9.17, 15) is 4.39 Å². The second-order valence-corrected chi connectivity index (χ2v) is 4.72. The summed E-state index contributed by atoms with van der Waals surface area (Å²) in [5, 5.41) is 0.675. The van der Waals surface area contributed by atoms with Gasteiger partial charge in [0.05, 0.1) is 18.3 Å². The topological polar surface area (TPSA) is 35.0 Å². The third-order valence-corrected chi connectivity index (χ3v) is 3.46. The van der Waals surface area contributed by atoms with Crippen LogP contribution in [0.4, 0.5) is 4.39 Å². The van der Waals surface area contributed by atoms with Crippen LogP contribution in [0.3, 0.4) is 0 Å². The number of ether oxygens (including phenoxy) is 1. The van der Waals surface area contributed by atoms with Gasteiger partial charge in [-0.2, -0.15) is 0 Å². The molecule has 2 aromatic heterocycles. The van der Waals surface area contributed by atoms with Crippen molar-refractivity contribution in [3.8, 4) is 16.9 Å². The van der Waals surface area contributed by atoms with Gasteiger partial charge in [0.25, 0.3) is 0 Å². The van der Waals surface area contributed by atoms with Crippen molar-refractivity contribution < 1.29 is 9.13 Å². The molecule has 0 unspecified atom stereocenters. The molecule has 0 aliphatic carbocycles. The van der Waals surface area contributed by atoms with E-state index in [4.69, 9.17) is 4.74 Å². The molecule has 0 amide bonds. The maximum absolute atomic E-state index is 13.6. The van der Waals surface area contributed by atoms with E-state index in [2.05, 4.69) is 9.97 Å². The molecule has 3 aromatic rings. The number of fused-ring (bicyclic) bond motifs is 1. The number of pyridine rings is 2. The van der Waals surface area contributed by atoms with Gasteiger partial charge in [-0.3, -0.25) is 9.97 Å². The second kappa shape index (κ2) is 5.48. The molecular weight excluding hydrogens is 267 g/mol. The quantitative estimate of drug-likeness (QED) is 0.728. The first-order valence-corrected chi connectivity index (χ1v) is 6.81. The lowest BCUT2D eigenvalue weighted by molar-refractivity contribution is 0.420. The van der Waals surface area contributed by atoms with Crippen molar-refractivity contribution in [3.05, 3.63) is 54.2 Å². The minimum absolute atomic E-state index is 0.302. The monoisotopic (exact) mass is 282 g/mol. The number of benzene rings is 1. The predicted molar refractivity (Wildman–Crippen MR) is 80.9 cm³/mol. The molecule has 0 saturated heterocycles. The van der Waals surface area contributed by atoms with Crippen LogP contribution in [-0.2, 0) is 6.42 Å². The Morgan fingerprint density at radius 2 is 2.10 bits per heavy atom. The highest BCUT2D eigenvalue weighted by atomic mass is 19.1. The van der Waals surface area contributed by atoms with Crippen LogP contribution >= 0.6 is 0 Å². The van der Waals surface area contributed by atoms with Crippen molar-refractivity contribution in [1.82, 2.24) is 9.97 Å². The van der Waals surface area contributed by atoms with E-state index in [-0.39, 0.29) is 5.82 Å². The lowest BCUT2D eigenvalue weighted by atomic mass is 10.00. The van der Waals surface area contributed by atoms with Crippen molar-refractivity contribution in [2.45, 2.75) is 13.3 Å². The number of rotatable bonds is 3. The molecule has 0 aliphatic heterocycles. The largest absolute Gasteiger partial charge is 0.495 e. The van der Waals surface area contributed by atoms with Crippen molar-refractivity contribution in [2.75, 3.05) is 7.11 Å². The van der Waals surface area contributed by atoms with Crippen LogP contribution in [-0.4, -0.2) is 17.1 Å². The van der Waals surface area contributed by atoms with Crippen LogP contribution in [0, 0.1) is 5.82 Å². The number of methoxy groups -OCH3 is 1. The van der Waals surface area contributed by atoms with Gasteiger partial charge in [-0.1, -0.05) is 13.0 Å². The number of aryl methyl sites for hydroxylation is 1. The normalized spacial score (nSPS) is 10.8. The van der Waals surface area contributed by atoms with Gasteiger partial charge in [-0.15, -0.1) is 0 Å². The first-order chi connectivity index (χ1) is 10.2. The van der Waals surface area contributed by atoms with Gasteiger partial charge in [0.15, 0.2) is 0 Å². The summed E-state index contributed by atoms with van der Waals surface area (Å²) in [6.07, 6.45) is 4.24. The highest BCUT2D eigenvalue weighted by Gasteiger charge is 2.17. The zero-order valence-electron chi connectivity index (χ0n) is 11.9. The predicted octanol–water partition coefficient (Wildman–Crippen LogP) is 4.01. The van der Waals surface area contributed by atoms with Crippen LogP contribution in [0.1, 0.15) is 12.6 Å². The lowest BCUT2D eigenvalue weighted by Gasteiger charge is -2.15. The zero-order chi connectivity index (χ0) is 14.8. The van der Waals surface area contributed by atoms with Gasteiger partial charge in [-0.25, -0.2) is 4.39 Å². The van der Waals surface area contributed by atoms with Gasteiger partial charge in [0, 0.05) is 28.9 Å². The molecule has 4 heteroatoms. The second-order valence-electron chi connectivity index (χ2n) is 4.72. The summed E-state index contributed by atoms with van der Waals surface area (Å²) < 4.78 is 19.1. The average Bonchev–Trinajstić information content (AvgIpc) is 2.53. The summed E-state index contributed by atoms with van der Waals surface area (Å²) in [6, 6.07) is 8.37. The summed E-state index contributed by atoms with van der Waals surface area (Å²) in [4.78, 5) is 8.80. The van der Waals surface area contributed by atoms with Crippen molar-refractivity contribution in [1.29, 1.82) is 0 Å². The maximum atomic E-state index is 13.6. The molecule has 2 heterocycles. The van der Waals surface area contributed by atoms with Crippen LogP contribution < -0.4 is 4.74 Å². The molecule has 0 spiro atoms. The number of nitrogens with zero attached hydrogens (tertiary/aromatic N) is 2. The number of halogens is 1. The SMILES string of the molecule is CCc1nc2ccc(F)cc2c(OC)c1-c1cccnc1. The maximum Gasteiger partial charge on any atom is 0.138 e. The van der Waals surface area contributed by atoms with Gasteiger partial charge in [-0.05, 0) is 30.7 Å². The highest BCUT2D eigenvalue weighted by molar-refractivity contribution is 5.93. The van der Waals surface area contributed by atoms with E-state index in [1.54, 1.807) is 25.6 Å². The molecule has 0 aliphatic rings. The Morgan fingerprint density at radius 1 is 1.24 bits per heavy atom. The van der Waals surface area contributed by atoms with Crippen LogP contribution in [0.25, 0.3) is 22.0 Å². The fourth-order valence-corrected chi connectivity index (χ4v) is 2.53. The van der Waals surface area contributed by atoms with Gasteiger partial charge in [0.1, 0.15) is 11.6 Å². The van der Waals surface area contributed by atoms with E-state index in [1.165, 1.54) is 12.1 Å². The summed E-state index contributed by atoms with van der Waals surface area (Å²) >= 11 is 0. The molecular formula is C17H15FN2O. The molecule has 0 saturated carbocycles. The summed E-state index contributed by atoms with van der Waals surface area (Å²) in [7, 11) is 1.60. The molecule has 0 radical (unpaired) electrons. The zero-order valence-corrected chi connectivity index (χ0v) is 11.9. The van der Waals surface area contributed by atoms with Crippen LogP contribution in [0.5, 0.6) is 5.75 Å². The van der Waals surface area contributed by atoms with Gasteiger partial charge < -0.3 is 4.74 Å². The van der Waals surface area contributed by atoms with Crippen molar-refractivity contribution >= 4 is 10.9 Å². The Bertz CT molecular complexity index is 788. The smallest absolute Gasteiger partial charge is 0.138 e. The number of hydrogen-bond donors (Lipinski definition) is 0. The standard InChI is InChI=1S/C17H15FN2O/c1-3-14-16(11-5-4-8-19-10-11)17(21-2)13-9-12(18)6-7-15(13)20-14/h4-10H,3H2,1-2H3. The fraction of sp³-hybridized carbons (Fsp3) is 0.176. The fourth-order valence-electron chi connectivity index (χ4n) is 2.53. The van der Waals surface area contributed by atoms with Gasteiger partial charge in [0.2, 0.25) is 0 Å². The third kappa shape index (κ3) is 2.33. The Hall–Kier alpha value is -2.49. The molecule has 1 aromatic carbocycles. The molecule has 0 fully saturated rings. The minimum atomic E-state index is -0.302. The molecule has 106 valence electrons. The highest BCUT2D eigenvalue weighted by Crippen LogP contribution is 2.38. The Balaban J connectivity index is 2.41. The lowest BCUT2D eigenvalue weighted by Crippen LogP contribution is -1.99. The molecule has 3 rings (SSSR count). The number of hydrogen-bond acceptors (Lipinski definition) is 3. The molecule has 21 heavy (non-hydrogen) atoms. The van der Waals surface area contributed by atoms with Crippen LogP contribution in [0.2, 0.25) is 0 Å².